The summed E-state index contributed by atoms with van der Waals surface area (Å²) < 4.78 is 17.5. The van der Waals surface area contributed by atoms with Crippen LogP contribution in [-0.4, -0.2) is 47.4 Å². The third-order valence-electron chi connectivity index (χ3n) is 7.31. The van der Waals surface area contributed by atoms with Crippen LogP contribution in [0.5, 0.6) is 11.5 Å². The first-order valence-corrected chi connectivity index (χ1v) is 12.8. The molecule has 3 heterocycles. The number of nitrogens with zero attached hydrogens (tertiary/aromatic N) is 2. The molecule has 2 unspecified atom stereocenters. The molecule has 2 aromatic carbocycles. The Kier molecular flexibility index (Phi) is 8.12. The molecule has 0 amide bonds. The standard InChI is InChI=1S/C27H32N2O3S.ClH/c1-18(30)19-9-12-24(25(17-19)31-2)32-14-6-5-13-29-21-10-11-22(29)16-20(15-21)27-23-7-3-4-8-26(23)33-28-27;/h3-4,7-9,12,17,20-22H,5-6,10-11,13-16H2,1-2H3;1H. The zero-order valence-corrected chi connectivity index (χ0v) is 21.5. The van der Waals surface area contributed by atoms with E-state index >= 15 is 0 Å². The Morgan fingerprint density at radius 3 is 2.59 bits per heavy atom. The first-order chi connectivity index (χ1) is 16.1. The molecule has 0 saturated carbocycles. The molecule has 182 valence electrons. The third kappa shape index (κ3) is 5.09. The number of carbonyl (C=O) groups is 1. The Morgan fingerprint density at radius 2 is 1.85 bits per heavy atom. The van der Waals surface area contributed by atoms with E-state index in [9.17, 15) is 4.79 Å². The van der Waals surface area contributed by atoms with E-state index in [1.54, 1.807) is 37.7 Å². The summed E-state index contributed by atoms with van der Waals surface area (Å²) in [6.07, 6.45) is 7.25. The summed E-state index contributed by atoms with van der Waals surface area (Å²) in [5.41, 5.74) is 1.98. The normalized spacial score (nSPS) is 21.9. The van der Waals surface area contributed by atoms with Crippen LogP contribution < -0.4 is 9.47 Å². The van der Waals surface area contributed by atoms with E-state index in [2.05, 4.69) is 29.2 Å². The number of piperidine rings is 1. The topological polar surface area (TPSA) is 51.7 Å². The Hall–Kier alpha value is -2.15. The summed E-state index contributed by atoms with van der Waals surface area (Å²) >= 11 is 1.65. The number of benzene rings is 2. The quantitative estimate of drug-likeness (QED) is 0.248. The molecular formula is C27H33ClN2O3S. The van der Waals surface area contributed by atoms with Crippen molar-refractivity contribution in [2.24, 2.45) is 0 Å². The van der Waals surface area contributed by atoms with Gasteiger partial charge in [-0.05, 0) is 87.8 Å². The van der Waals surface area contributed by atoms with Crippen molar-refractivity contribution in [1.82, 2.24) is 9.27 Å². The maximum Gasteiger partial charge on any atom is 0.161 e. The number of carbonyl (C=O) groups excluding carboxylic acids is 1. The molecular weight excluding hydrogens is 468 g/mol. The lowest BCUT2D eigenvalue weighted by Crippen LogP contribution is -2.42. The molecule has 2 atom stereocenters. The minimum atomic E-state index is 0. The van der Waals surface area contributed by atoms with Crippen LogP contribution in [0.15, 0.2) is 42.5 Å². The van der Waals surface area contributed by atoms with E-state index < -0.39 is 0 Å². The van der Waals surface area contributed by atoms with Crippen molar-refractivity contribution in [3.63, 3.8) is 0 Å². The second-order valence-corrected chi connectivity index (χ2v) is 10.1. The van der Waals surface area contributed by atoms with Crippen LogP contribution in [0.4, 0.5) is 0 Å². The van der Waals surface area contributed by atoms with Crippen LogP contribution in [0.1, 0.15) is 67.4 Å². The van der Waals surface area contributed by atoms with Gasteiger partial charge in [0, 0.05) is 29.0 Å². The highest BCUT2D eigenvalue weighted by Gasteiger charge is 2.41. The summed E-state index contributed by atoms with van der Waals surface area (Å²) in [4.78, 5) is 14.3. The molecule has 0 aliphatic carbocycles. The van der Waals surface area contributed by atoms with Gasteiger partial charge in [-0.1, -0.05) is 18.2 Å². The SMILES string of the molecule is COc1cc(C(C)=O)ccc1OCCCCN1C2CCC1CC(c1nsc3ccccc13)C2.Cl. The van der Waals surface area contributed by atoms with Gasteiger partial charge in [-0.3, -0.25) is 9.69 Å². The van der Waals surface area contributed by atoms with Gasteiger partial charge in [-0.2, -0.15) is 4.37 Å². The number of hydrogen-bond donors (Lipinski definition) is 0. The van der Waals surface area contributed by atoms with Crippen molar-refractivity contribution in [3.8, 4) is 11.5 Å². The molecule has 2 aliphatic heterocycles. The number of rotatable bonds is 9. The summed E-state index contributed by atoms with van der Waals surface area (Å²) in [6, 6.07) is 15.4. The lowest BCUT2D eigenvalue weighted by atomic mass is 9.86. The lowest BCUT2D eigenvalue weighted by molar-refractivity contribution is 0.101. The number of ketones is 1. The Bertz CT molecular complexity index is 1120. The van der Waals surface area contributed by atoms with E-state index in [0.717, 1.165) is 19.4 Å². The Morgan fingerprint density at radius 1 is 1.09 bits per heavy atom. The second-order valence-electron chi connectivity index (χ2n) is 9.33. The van der Waals surface area contributed by atoms with E-state index in [4.69, 9.17) is 13.8 Å². The third-order valence-corrected chi connectivity index (χ3v) is 8.16. The number of hydrogen-bond acceptors (Lipinski definition) is 6. The fraction of sp³-hybridized carbons (Fsp3) is 0.481. The van der Waals surface area contributed by atoms with Gasteiger partial charge in [0.05, 0.1) is 24.1 Å². The minimum Gasteiger partial charge on any atom is -0.493 e. The molecule has 0 N–H and O–H groups in total. The van der Waals surface area contributed by atoms with Crippen LogP contribution >= 0.6 is 23.9 Å². The number of ether oxygens (including phenoxy) is 2. The monoisotopic (exact) mass is 500 g/mol. The van der Waals surface area contributed by atoms with Gasteiger partial charge in [-0.25, -0.2) is 0 Å². The van der Waals surface area contributed by atoms with Crippen molar-refractivity contribution < 1.29 is 14.3 Å². The van der Waals surface area contributed by atoms with Gasteiger partial charge in [-0.15, -0.1) is 12.4 Å². The van der Waals surface area contributed by atoms with Crippen LogP contribution in [0.25, 0.3) is 10.1 Å². The largest absolute Gasteiger partial charge is 0.493 e. The molecule has 3 aromatic rings. The van der Waals surface area contributed by atoms with Crippen LogP contribution in [0.3, 0.4) is 0 Å². The van der Waals surface area contributed by atoms with Gasteiger partial charge in [0.25, 0.3) is 0 Å². The van der Waals surface area contributed by atoms with Crippen LogP contribution in [0, 0.1) is 0 Å². The molecule has 2 fully saturated rings. The zero-order valence-electron chi connectivity index (χ0n) is 19.9. The van der Waals surface area contributed by atoms with Crippen molar-refractivity contribution in [2.45, 2.75) is 63.5 Å². The van der Waals surface area contributed by atoms with Crippen molar-refractivity contribution >= 4 is 39.8 Å². The molecule has 0 spiro atoms. The van der Waals surface area contributed by atoms with Gasteiger partial charge in [0.15, 0.2) is 17.3 Å². The highest BCUT2D eigenvalue weighted by Crippen LogP contribution is 2.44. The Balaban J connectivity index is 0.00000274. The molecule has 5 nitrogen and oxygen atoms in total. The fourth-order valence-electron chi connectivity index (χ4n) is 5.65. The molecule has 7 heteroatoms. The predicted octanol–water partition coefficient (Wildman–Crippen LogP) is 6.50. The number of methoxy groups -OCH3 is 1. The summed E-state index contributed by atoms with van der Waals surface area (Å²) in [7, 11) is 1.61. The molecule has 2 bridgehead atoms. The molecule has 1 aromatic heterocycles. The van der Waals surface area contributed by atoms with Crippen molar-refractivity contribution in [2.75, 3.05) is 20.3 Å². The summed E-state index contributed by atoms with van der Waals surface area (Å²) in [5.74, 6) is 1.96. The van der Waals surface area contributed by atoms with E-state index in [0.29, 0.717) is 41.7 Å². The van der Waals surface area contributed by atoms with Crippen LogP contribution in [-0.2, 0) is 0 Å². The highest BCUT2D eigenvalue weighted by molar-refractivity contribution is 7.13. The van der Waals surface area contributed by atoms with Crippen LogP contribution in [0.2, 0.25) is 0 Å². The van der Waals surface area contributed by atoms with E-state index in [1.807, 2.05) is 6.07 Å². The van der Waals surface area contributed by atoms with Gasteiger partial charge in [0.1, 0.15) is 0 Å². The summed E-state index contributed by atoms with van der Waals surface area (Å²) in [6.45, 7) is 3.36. The number of aromatic nitrogens is 1. The van der Waals surface area contributed by atoms with Gasteiger partial charge >= 0.3 is 0 Å². The lowest BCUT2D eigenvalue weighted by Gasteiger charge is -2.38. The molecule has 0 radical (unpaired) electrons. The minimum absolute atomic E-state index is 0. The van der Waals surface area contributed by atoms with E-state index in [1.165, 1.54) is 41.5 Å². The zero-order chi connectivity index (χ0) is 22.8. The maximum absolute atomic E-state index is 11.6. The summed E-state index contributed by atoms with van der Waals surface area (Å²) in [5, 5.41) is 1.37. The van der Waals surface area contributed by atoms with E-state index in [-0.39, 0.29) is 18.2 Å². The molecule has 34 heavy (non-hydrogen) atoms. The Labute approximate surface area is 212 Å². The van der Waals surface area contributed by atoms with Gasteiger partial charge < -0.3 is 9.47 Å². The molecule has 2 saturated heterocycles. The van der Waals surface area contributed by atoms with Crippen molar-refractivity contribution in [3.05, 3.63) is 53.7 Å². The number of Topliss-reactive ketones (excluding diaryl/α,β-unsaturated/α-hetero) is 1. The number of halogens is 1. The fourth-order valence-corrected chi connectivity index (χ4v) is 6.50. The molecule has 2 aliphatic rings. The first kappa shape index (κ1) is 25.0. The smallest absolute Gasteiger partial charge is 0.161 e. The number of fused-ring (bicyclic) bond motifs is 3. The average Bonchev–Trinajstić information content (AvgIpc) is 3.36. The maximum atomic E-state index is 11.6. The predicted molar refractivity (Wildman–Crippen MR) is 140 cm³/mol. The first-order valence-electron chi connectivity index (χ1n) is 12.1. The van der Waals surface area contributed by atoms with Crippen molar-refractivity contribution in [1.29, 1.82) is 0 Å². The van der Waals surface area contributed by atoms with Gasteiger partial charge in [0.2, 0.25) is 0 Å². The average molecular weight is 501 g/mol. The second kappa shape index (κ2) is 11.1. The number of unbranched alkanes of at least 4 members (excludes halogenated alkanes) is 1. The highest BCUT2D eigenvalue weighted by atomic mass is 35.5. The molecule has 5 rings (SSSR count).